The van der Waals surface area contributed by atoms with Crippen LogP contribution >= 0.6 is 22.9 Å². The molecule has 1 aliphatic rings. The molecule has 0 aliphatic carbocycles. The van der Waals surface area contributed by atoms with Gasteiger partial charge < -0.3 is 15.0 Å². The number of fused-ring (bicyclic) bond motifs is 3. The molecule has 6 nitrogen and oxygen atoms in total. The summed E-state index contributed by atoms with van der Waals surface area (Å²) < 4.78 is 7.29. The molecule has 3 heterocycles. The van der Waals surface area contributed by atoms with Crippen molar-refractivity contribution in [1.82, 2.24) is 14.5 Å². The van der Waals surface area contributed by atoms with Crippen LogP contribution < -0.4 is 10.9 Å². The molecular formula is C22H27ClN4O2S. The van der Waals surface area contributed by atoms with Crippen molar-refractivity contribution >= 4 is 39.1 Å². The molecule has 0 fully saturated rings. The van der Waals surface area contributed by atoms with E-state index in [4.69, 9.17) is 21.3 Å². The topological polar surface area (TPSA) is 59.4 Å². The zero-order valence-corrected chi connectivity index (χ0v) is 19.1. The summed E-state index contributed by atoms with van der Waals surface area (Å²) in [5, 5.41) is 4.75. The average molecular weight is 447 g/mol. The van der Waals surface area contributed by atoms with Crippen molar-refractivity contribution < 1.29 is 4.74 Å². The molecule has 4 rings (SSSR count). The zero-order chi connectivity index (χ0) is 21.3. The highest BCUT2D eigenvalue weighted by Gasteiger charge is 2.24. The van der Waals surface area contributed by atoms with Gasteiger partial charge in [-0.05, 0) is 63.6 Å². The second-order valence-electron chi connectivity index (χ2n) is 7.92. The number of nitrogens with zero attached hydrogens (tertiary/aromatic N) is 3. The van der Waals surface area contributed by atoms with E-state index < -0.39 is 0 Å². The first-order valence-electron chi connectivity index (χ1n) is 10.3. The van der Waals surface area contributed by atoms with E-state index in [-0.39, 0.29) is 11.7 Å². The van der Waals surface area contributed by atoms with Crippen molar-refractivity contribution in [3.8, 4) is 5.69 Å². The lowest BCUT2D eigenvalue weighted by Crippen LogP contribution is -2.27. The van der Waals surface area contributed by atoms with Crippen molar-refractivity contribution in [3.63, 3.8) is 0 Å². The van der Waals surface area contributed by atoms with Crippen molar-refractivity contribution in [2.75, 3.05) is 32.1 Å². The summed E-state index contributed by atoms with van der Waals surface area (Å²) in [5.74, 6) is 0.561. The van der Waals surface area contributed by atoms with Crippen LogP contribution in [0.5, 0.6) is 0 Å². The maximum atomic E-state index is 13.6. The van der Waals surface area contributed by atoms with Crippen LogP contribution in [0.4, 0.5) is 5.95 Å². The predicted octanol–water partition coefficient (Wildman–Crippen LogP) is 4.32. The number of halogens is 1. The Morgan fingerprint density at radius 2 is 2.07 bits per heavy atom. The summed E-state index contributed by atoms with van der Waals surface area (Å²) in [6.45, 7) is 7.21. The Bertz CT molecular complexity index is 1090. The maximum absolute atomic E-state index is 13.6. The lowest BCUT2D eigenvalue weighted by Gasteiger charge is -2.21. The molecule has 1 aromatic carbocycles. The Balaban J connectivity index is 1.75. The highest BCUT2D eigenvalue weighted by atomic mass is 35.5. The first-order valence-corrected chi connectivity index (χ1v) is 11.5. The number of ether oxygens (including phenoxy) is 1. The number of nitrogens with one attached hydrogen (secondary N) is 1. The number of likely N-dealkylation sites (N-methyl/N-ethyl adjacent to an activating group) is 1. The predicted molar refractivity (Wildman–Crippen MR) is 124 cm³/mol. The van der Waals surface area contributed by atoms with Crippen LogP contribution in [-0.2, 0) is 17.7 Å². The second-order valence-corrected chi connectivity index (χ2v) is 9.44. The Kier molecular flexibility index (Phi) is 6.43. The van der Waals surface area contributed by atoms with Crippen LogP contribution in [0, 0.1) is 0 Å². The van der Waals surface area contributed by atoms with Gasteiger partial charge >= 0.3 is 0 Å². The van der Waals surface area contributed by atoms with Crippen LogP contribution in [-0.4, -0.2) is 47.3 Å². The number of hydrogen-bond donors (Lipinski definition) is 1. The van der Waals surface area contributed by atoms with Gasteiger partial charge in [0, 0.05) is 36.1 Å². The fourth-order valence-electron chi connectivity index (χ4n) is 3.71. The number of rotatable bonds is 7. The summed E-state index contributed by atoms with van der Waals surface area (Å²) in [6, 6.07) is 7.31. The molecule has 0 bridgehead atoms. The SMILES string of the molecule is CC(C)OCCCNc1nc2sc3c(c2c(=O)n1-c1ccc(Cl)cc1)CCN(C)C3. The smallest absolute Gasteiger partial charge is 0.268 e. The average Bonchev–Trinajstić information content (AvgIpc) is 3.06. The van der Waals surface area contributed by atoms with Gasteiger partial charge in [0.2, 0.25) is 5.95 Å². The highest BCUT2D eigenvalue weighted by Crippen LogP contribution is 2.33. The number of anilines is 1. The van der Waals surface area contributed by atoms with Crippen LogP contribution in [0.15, 0.2) is 29.1 Å². The van der Waals surface area contributed by atoms with Crippen LogP contribution in [0.3, 0.4) is 0 Å². The molecule has 0 saturated heterocycles. The Labute approximate surface area is 185 Å². The first kappa shape index (κ1) is 21.3. The van der Waals surface area contributed by atoms with Crippen molar-refractivity contribution in [2.45, 2.75) is 39.3 Å². The molecule has 8 heteroatoms. The molecule has 0 radical (unpaired) electrons. The second kappa shape index (κ2) is 9.06. The minimum absolute atomic E-state index is 0.0229. The summed E-state index contributed by atoms with van der Waals surface area (Å²) >= 11 is 7.71. The Morgan fingerprint density at radius 1 is 1.30 bits per heavy atom. The van der Waals surface area contributed by atoms with E-state index in [0.717, 1.165) is 47.4 Å². The van der Waals surface area contributed by atoms with Gasteiger partial charge in [-0.2, -0.15) is 0 Å². The lowest BCUT2D eigenvalue weighted by atomic mass is 10.1. The van der Waals surface area contributed by atoms with E-state index in [1.165, 1.54) is 4.88 Å². The molecule has 0 atom stereocenters. The normalized spacial score (nSPS) is 14.4. The molecule has 3 aromatic rings. The van der Waals surface area contributed by atoms with Gasteiger partial charge in [-0.25, -0.2) is 9.55 Å². The van der Waals surface area contributed by atoms with Gasteiger partial charge in [-0.15, -0.1) is 11.3 Å². The van der Waals surface area contributed by atoms with Gasteiger partial charge in [0.1, 0.15) is 4.83 Å². The third-order valence-corrected chi connectivity index (χ3v) is 6.57. The fourth-order valence-corrected chi connectivity index (χ4v) is 5.13. The van der Waals surface area contributed by atoms with E-state index in [9.17, 15) is 4.79 Å². The van der Waals surface area contributed by atoms with Gasteiger partial charge in [0.25, 0.3) is 5.56 Å². The van der Waals surface area contributed by atoms with Crippen molar-refractivity contribution in [3.05, 3.63) is 50.1 Å². The quantitative estimate of drug-likeness (QED) is 0.548. The molecular weight excluding hydrogens is 420 g/mol. The molecule has 0 saturated carbocycles. The highest BCUT2D eigenvalue weighted by molar-refractivity contribution is 7.18. The van der Waals surface area contributed by atoms with E-state index in [1.54, 1.807) is 28.0 Å². The van der Waals surface area contributed by atoms with Gasteiger partial charge in [-0.1, -0.05) is 11.6 Å². The minimum atomic E-state index is -0.0229. The van der Waals surface area contributed by atoms with Crippen molar-refractivity contribution in [2.24, 2.45) is 0 Å². The molecule has 0 amide bonds. The largest absolute Gasteiger partial charge is 0.379 e. The molecule has 1 N–H and O–H groups in total. The third kappa shape index (κ3) is 4.39. The van der Waals surface area contributed by atoms with Crippen molar-refractivity contribution in [1.29, 1.82) is 0 Å². The monoisotopic (exact) mass is 446 g/mol. The third-order valence-electron chi connectivity index (χ3n) is 5.21. The molecule has 2 aromatic heterocycles. The van der Waals surface area contributed by atoms with Gasteiger partial charge in [-0.3, -0.25) is 4.79 Å². The Morgan fingerprint density at radius 3 is 2.80 bits per heavy atom. The van der Waals surface area contributed by atoms with E-state index in [2.05, 4.69) is 17.3 Å². The Hall–Kier alpha value is -1.93. The number of hydrogen-bond acceptors (Lipinski definition) is 6. The fraction of sp³-hybridized carbons (Fsp3) is 0.455. The number of thiophene rings is 1. The first-order chi connectivity index (χ1) is 14.4. The van der Waals surface area contributed by atoms with E-state index in [1.807, 2.05) is 26.0 Å². The summed E-state index contributed by atoms with van der Waals surface area (Å²) in [5.41, 5.74) is 1.89. The summed E-state index contributed by atoms with van der Waals surface area (Å²) in [4.78, 5) is 22.9. The lowest BCUT2D eigenvalue weighted by molar-refractivity contribution is 0.0787. The van der Waals surface area contributed by atoms with Gasteiger partial charge in [0.05, 0.1) is 17.2 Å². The number of aromatic nitrogens is 2. The molecule has 30 heavy (non-hydrogen) atoms. The molecule has 1 aliphatic heterocycles. The standard InChI is InChI=1S/C22H27ClN4O2S/c1-14(2)29-12-4-10-24-22-25-20-19(17-9-11-26(3)13-18(17)30-20)21(28)27(22)16-7-5-15(23)6-8-16/h5-8,14H,4,9-13H2,1-3H3,(H,24,25). The molecule has 160 valence electrons. The number of benzene rings is 1. The van der Waals surface area contributed by atoms with Gasteiger partial charge in [0.15, 0.2) is 0 Å². The minimum Gasteiger partial charge on any atom is -0.379 e. The molecule has 0 unspecified atom stereocenters. The molecule has 0 spiro atoms. The van der Waals surface area contributed by atoms with Crippen LogP contribution in [0.2, 0.25) is 5.02 Å². The maximum Gasteiger partial charge on any atom is 0.268 e. The summed E-state index contributed by atoms with van der Waals surface area (Å²) in [7, 11) is 2.11. The van der Waals surface area contributed by atoms with Crippen LogP contribution in [0.25, 0.3) is 15.9 Å². The van der Waals surface area contributed by atoms with E-state index in [0.29, 0.717) is 24.1 Å². The zero-order valence-electron chi connectivity index (χ0n) is 17.6. The van der Waals surface area contributed by atoms with E-state index >= 15 is 0 Å². The summed E-state index contributed by atoms with van der Waals surface area (Å²) in [6.07, 6.45) is 1.92. The van der Waals surface area contributed by atoms with Crippen LogP contribution in [0.1, 0.15) is 30.7 Å².